The normalized spacial score (nSPS) is 16.7. The van der Waals surface area contributed by atoms with Crippen molar-refractivity contribution >= 4 is 27.3 Å². The second kappa shape index (κ2) is 6.68. The van der Waals surface area contributed by atoms with Crippen molar-refractivity contribution in [2.75, 3.05) is 16.2 Å². The third-order valence-electron chi connectivity index (χ3n) is 5.27. The molecule has 2 aromatic carbocycles. The summed E-state index contributed by atoms with van der Waals surface area (Å²) in [6.45, 7) is 4.44. The monoisotopic (exact) mass is 384 g/mol. The number of carbonyl (C=O) groups excluding carboxylic acids is 1. The SMILES string of the molecule is Cc1ccc(S(=O)(=O)Nc2ccc3c(c2)N(C(=O)C2CC2)CCC3)c(C)c1. The van der Waals surface area contributed by atoms with E-state index in [0.717, 1.165) is 42.5 Å². The summed E-state index contributed by atoms with van der Waals surface area (Å²) >= 11 is 0. The molecule has 5 nitrogen and oxygen atoms in total. The van der Waals surface area contributed by atoms with Crippen molar-refractivity contribution in [3.8, 4) is 0 Å². The number of rotatable bonds is 4. The van der Waals surface area contributed by atoms with E-state index in [2.05, 4.69) is 4.72 Å². The van der Waals surface area contributed by atoms with Gasteiger partial charge in [0.05, 0.1) is 10.6 Å². The van der Waals surface area contributed by atoms with E-state index >= 15 is 0 Å². The molecule has 4 rings (SSSR count). The van der Waals surface area contributed by atoms with Crippen molar-refractivity contribution in [2.45, 2.75) is 44.4 Å². The lowest BCUT2D eigenvalue weighted by Gasteiger charge is -2.30. The first-order valence-electron chi connectivity index (χ1n) is 9.39. The van der Waals surface area contributed by atoms with Crippen molar-refractivity contribution in [3.63, 3.8) is 0 Å². The average molecular weight is 385 g/mol. The fraction of sp³-hybridized carbons (Fsp3) is 0.381. The number of carbonyl (C=O) groups is 1. The molecule has 1 fully saturated rings. The Balaban J connectivity index is 1.65. The molecule has 1 aliphatic heterocycles. The molecule has 1 N–H and O–H groups in total. The molecule has 6 heteroatoms. The molecule has 0 bridgehead atoms. The van der Waals surface area contributed by atoms with Crippen molar-refractivity contribution in [2.24, 2.45) is 5.92 Å². The van der Waals surface area contributed by atoms with Crippen LogP contribution < -0.4 is 9.62 Å². The van der Waals surface area contributed by atoms with E-state index in [0.29, 0.717) is 17.8 Å². The first-order chi connectivity index (χ1) is 12.8. The van der Waals surface area contributed by atoms with E-state index in [9.17, 15) is 13.2 Å². The van der Waals surface area contributed by atoms with Gasteiger partial charge in [-0.25, -0.2) is 8.42 Å². The summed E-state index contributed by atoms with van der Waals surface area (Å²) in [6, 6.07) is 10.8. The number of anilines is 2. The number of benzene rings is 2. The molecule has 1 saturated carbocycles. The maximum absolute atomic E-state index is 12.8. The number of sulfonamides is 1. The summed E-state index contributed by atoms with van der Waals surface area (Å²) in [5.74, 6) is 0.317. The molecular weight excluding hydrogens is 360 g/mol. The Morgan fingerprint density at radius 3 is 2.59 bits per heavy atom. The van der Waals surface area contributed by atoms with Gasteiger partial charge in [-0.3, -0.25) is 9.52 Å². The zero-order valence-corrected chi connectivity index (χ0v) is 16.5. The Kier molecular flexibility index (Phi) is 4.46. The van der Waals surface area contributed by atoms with Gasteiger partial charge in [0.15, 0.2) is 0 Å². The highest BCUT2D eigenvalue weighted by Gasteiger charge is 2.35. The molecule has 0 saturated heterocycles. The number of aryl methyl sites for hydroxylation is 3. The molecule has 1 amide bonds. The van der Waals surface area contributed by atoms with Crippen LogP contribution in [0.4, 0.5) is 11.4 Å². The Labute approximate surface area is 160 Å². The summed E-state index contributed by atoms with van der Waals surface area (Å²) in [6.07, 6.45) is 3.78. The summed E-state index contributed by atoms with van der Waals surface area (Å²) in [5.41, 5.74) is 4.17. The molecule has 0 radical (unpaired) electrons. The summed E-state index contributed by atoms with van der Waals surface area (Å²) in [7, 11) is -3.68. The van der Waals surface area contributed by atoms with Crippen LogP contribution in [0.1, 0.15) is 36.0 Å². The number of fused-ring (bicyclic) bond motifs is 1. The molecule has 1 aliphatic carbocycles. The maximum Gasteiger partial charge on any atom is 0.262 e. The van der Waals surface area contributed by atoms with Crippen LogP contribution in [0.3, 0.4) is 0 Å². The molecule has 0 aromatic heterocycles. The highest BCUT2D eigenvalue weighted by Crippen LogP contribution is 2.37. The van der Waals surface area contributed by atoms with Gasteiger partial charge in [0, 0.05) is 18.2 Å². The molecule has 2 aromatic rings. The molecule has 142 valence electrons. The largest absolute Gasteiger partial charge is 0.312 e. The second-order valence-corrected chi connectivity index (χ2v) is 9.24. The molecule has 27 heavy (non-hydrogen) atoms. The fourth-order valence-corrected chi connectivity index (χ4v) is 5.01. The lowest BCUT2D eigenvalue weighted by molar-refractivity contribution is -0.119. The number of nitrogens with one attached hydrogen (secondary N) is 1. The molecule has 0 atom stereocenters. The smallest absolute Gasteiger partial charge is 0.262 e. The Bertz CT molecular complexity index is 1010. The third-order valence-corrected chi connectivity index (χ3v) is 6.81. The van der Waals surface area contributed by atoms with Gasteiger partial charge >= 0.3 is 0 Å². The third kappa shape index (κ3) is 3.58. The fourth-order valence-electron chi connectivity index (χ4n) is 3.73. The van der Waals surface area contributed by atoms with Crippen LogP contribution in [0.2, 0.25) is 0 Å². The molecule has 1 heterocycles. The predicted molar refractivity (Wildman–Crippen MR) is 107 cm³/mol. The quantitative estimate of drug-likeness (QED) is 0.872. The minimum atomic E-state index is -3.68. The van der Waals surface area contributed by atoms with Crippen LogP contribution in [0.5, 0.6) is 0 Å². The van der Waals surface area contributed by atoms with E-state index < -0.39 is 10.0 Å². The zero-order valence-electron chi connectivity index (χ0n) is 15.7. The lowest BCUT2D eigenvalue weighted by atomic mass is 10.0. The predicted octanol–water partition coefficient (Wildman–Crippen LogP) is 3.79. The van der Waals surface area contributed by atoms with Crippen LogP contribution in [0.15, 0.2) is 41.3 Å². The van der Waals surface area contributed by atoms with E-state index in [4.69, 9.17) is 0 Å². The van der Waals surface area contributed by atoms with Gasteiger partial charge in [0.2, 0.25) is 5.91 Å². The second-order valence-electron chi connectivity index (χ2n) is 7.59. The molecular formula is C21H24N2O3S. The van der Waals surface area contributed by atoms with Crippen LogP contribution in [0, 0.1) is 19.8 Å². The maximum atomic E-state index is 12.8. The van der Waals surface area contributed by atoms with Gasteiger partial charge in [-0.1, -0.05) is 23.8 Å². The minimum absolute atomic E-state index is 0.145. The highest BCUT2D eigenvalue weighted by atomic mass is 32.2. The van der Waals surface area contributed by atoms with Crippen LogP contribution in [0.25, 0.3) is 0 Å². The van der Waals surface area contributed by atoms with Gasteiger partial charge < -0.3 is 4.90 Å². The first kappa shape index (κ1) is 18.0. The number of nitrogens with zero attached hydrogens (tertiary/aromatic N) is 1. The molecule has 0 unspecified atom stereocenters. The van der Waals surface area contributed by atoms with E-state index in [1.807, 2.05) is 24.0 Å². The van der Waals surface area contributed by atoms with Gasteiger partial charge in [0.25, 0.3) is 10.0 Å². The zero-order chi connectivity index (χ0) is 19.2. The van der Waals surface area contributed by atoms with Crippen LogP contribution >= 0.6 is 0 Å². The topological polar surface area (TPSA) is 66.5 Å². The minimum Gasteiger partial charge on any atom is -0.312 e. The van der Waals surface area contributed by atoms with Gasteiger partial charge in [-0.05, 0) is 68.9 Å². The summed E-state index contributed by atoms with van der Waals surface area (Å²) < 4.78 is 28.4. The van der Waals surface area contributed by atoms with Gasteiger partial charge in [0.1, 0.15) is 0 Å². The van der Waals surface area contributed by atoms with Crippen LogP contribution in [-0.2, 0) is 21.2 Å². The summed E-state index contributed by atoms with van der Waals surface area (Å²) in [5, 5.41) is 0. The Hall–Kier alpha value is -2.34. The van der Waals surface area contributed by atoms with Crippen LogP contribution in [-0.4, -0.2) is 20.9 Å². The number of hydrogen-bond acceptors (Lipinski definition) is 3. The highest BCUT2D eigenvalue weighted by molar-refractivity contribution is 7.92. The first-order valence-corrected chi connectivity index (χ1v) is 10.9. The van der Waals surface area contributed by atoms with E-state index in [1.54, 1.807) is 31.2 Å². The van der Waals surface area contributed by atoms with Crippen molar-refractivity contribution in [1.82, 2.24) is 0 Å². The standard InChI is InChI=1S/C21H24N2O3S/c1-14-5-10-20(15(2)12-14)27(25,26)22-18-9-8-16-4-3-11-23(19(16)13-18)21(24)17-6-7-17/h5,8-10,12-13,17,22H,3-4,6-7,11H2,1-2H3. The van der Waals surface area contributed by atoms with Crippen molar-refractivity contribution < 1.29 is 13.2 Å². The van der Waals surface area contributed by atoms with E-state index in [1.165, 1.54) is 0 Å². The average Bonchev–Trinajstić information content (AvgIpc) is 3.45. The van der Waals surface area contributed by atoms with Gasteiger partial charge in [-0.2, -0.15) is 0 Å². The van der Waals surface area contributed by atoms with E-state index in [-0.39, 0.29) is 16.7 Å². The summed E-state index contributed by atoms with van der Waals surface area (Å²) in [4.78, 5) is 14.7. The number of amides is 1. The Morgan fingerprint density at radius 2 is 1.89 bits per heavy atom. The lowest BCUT2D eigenvalue weighted by Crippen LogP contribution is -2.36. The van der Waals surface area contributed by atoms with Crippen molar-refractivity contribution in [3.05, 3.63) is 53.1 Å². The molecule has 2 aliphatic rings. The molecule has 0 spiro atoms. The van der Waals surface area contributed by atoms with Crippen molar-refractivity contribution in [1.29, 1.82) is 0 Å². The van der Waals surface area contributed by atoms with Gasteiger partial charge in [-0.15, -0.1) is 0 Å². The number of hydrogen-bond donors (Lipinski definition) is 1. The Morgan fingerprint density at radius 1 is 1.11 bits per heavy atom.